The molecule has 15 heavy (non-hydrogen) atoms. The van der Waals surface area contributed by atoms with Gasteiger partial charge in [-0.05, 0) is 6.42 Å². The highest BCUT2D eigenvalue weighted by molar-refractivity contribution is 6.18. The highest BCUT2D eigenvalue weighted by Crippen LogP contribution is 2.22. The molecule has 1 amide bonds. The third-order valence-electron chi connectivity index (χ3n) is 3.23. The Bertz CT molecular complexity index is 250. The number of piperazine rings is 1. The molecule has 0 saturated carbocycles. The van der Waals surface area contributed by atoms with Crippen LogP contribution in [0, 0.1) is 0 Å². The number of amides is 1. The van der Waals surface area contributed by atoms with Gasteiger partial charge in [0, 0.05) is 44.5 Å². The molecule has 2 aliphatic heterocycles. The zero-order chi connectivity index (χ0) is 10.8. The van der Waals surface area contributed by atoms with E-state index in [0.29, 0.717) is 19.0 Å². The van der Waals surface area contributed by atoms with Crippen LogP contribution in [0.1, 0.15) is 12.8 Å². The smallest absolute Gasteiger partial charge is 0.222 e. The largest absolute Gasteiger partial charge is 0.391 e. The van der Waals surface area contributed by atoms with E-state index in [9.17, 15) is 9.90 Å². The van der Waals surface area contributed by atoms with Gasteiger partial charge in [0.2, 0.25) is 5.91 Å². The summed E-state index contributed by atoms with van der Waals surface area (Å²) < 4.78 is 0. The summed E-state index contributed by atoms with van der Waals surface area (Å²) in [5, 5.41) is 9.45. The minimum atomic E-state index is -0.449. The normalized spacial score (nSPS) is 29.3. The van der Waals surface area contributed by atoms with Crippen LogP contribution in [0.3, 0.4) is 0 Å². The molecule has 0 aromatic heterocycles. The van der Waals surface area contributed by atoms with Crippen molar-refractivity contribution in [2.75, 3.05) is 32.1 Å². The molecule has 0 bridgehead atoms. The topological polar surface area (TPSA) is 43.8 Å². The molecule has 2 rings (SSSR count). The first-order valence-electron chi connectivity index (χ1n) is 5.46. The van der Waals surface area contributed by atoms with Gasteiger partial charge in [-0.2, -0.15) is 0 Å². The first-order chi connectivity index (χ1) is 7.20. The first kappa shape index (κ1) is 11.2. The fourth-order valence-corrected chi connectivity index (χ4v) is 2.54. The maximum atomic E-state index is 11.4. The van der Waals surface area contributed by atoms with Gasteiger partial charge in [0.25, 0.3) is 0 Å². The molecule has 5 heteroatoms. The second-order valence-electron chi connectivity index (χ2n) is 4.35. The van der Waals surface area contributed by atoms with Gasteiger partial charge in [-0.3, -0.25) is 9.69 Å². The highest BCUT2D eigenvalue weighted by atomic mass is 35.5. The number of carbonyl (C=O) groups excluding carboxylic acids is 1. The molecule has 2 aliphatic rings. The fraction of sp³-hybridized carbons (Fsp3) is 0.900. The van der Waals surface area contributed by atoms with Crippen molar-refractivity contribution in [2.45, 2.75) is 25.0 Å². The predicted octanol–water partition coefficient (Wildman–Crippen LogP) is -0.107. The Morgan fingerprint density at radius 3 is 3.07 bits per heavy atom. The molecular formula is C10H17ClN2O2. The number of β-amino-alcohol motifs (C(OH)–C–C–N with tert-alkyl or cyclic N) is 1. The molecule has 4 nitrogen and oxygen atoms in total. The SMILES string of the molecule is O=C1CCC2CN(CC(O)CCl)CCN12. The van der Waals surface area contributed by atoms with Crippen molar-refractivity contribution in [2.24, 2.45) is 0 Å². The maximum Gasteiger partial charge on any atom is 0.222 e. The second kappa shape index (κ2) is 4.68. The van der Waals surface area contributed by atoms with Gasteiger partial charge < -0.3 is 10.0 Å². The van der Waals surface area contributed by atoms with E-state index in [1.165, 1.54) is 0 Å². The minimum absolute atomic E-state index is 0.282. The molecule has 2 saturated heterocycles. The van der Waals surface area contributed by atoms with Crippen LogP contribution in [0.5, 0.6) is 0 Å². The van der Waals surface area contributed by atoms with Gasteiger partial charge in [-0.1, -0.05) is 0 Å². The summed E-state index contributed by atoms with van der Waals surface area (Å²) in [7, 11) is 0. The van der Waals surface area contributed by atoms with E-state index in [1.54, 1.807) is 0 Å². The molecule has 2 unspecified atom stereocenters. The Morgan fingerprint density at radius 1 is 1.53 bits per heavy atom. The van der Waals surface area contributed by atoms with Crippen LogP contribution in [0.2, 0.25) is 0 Å². The Balaban J connectivity index is 1.85. The van der Waals surface area contributed by atoms with Crippen LogP contribution in [0.15, 0.2) is 0 Å². The van der Waals surface area contributed by atoms with Crippen LogP contribution in [0.4, 0.5) is 0 Å². The lowest BCUT2D eigenvalue weighted by molar-refractivity contribution is -0.130. The van der Waals surface area contributed by atoms with Crippen LogP contribution in [-0.2, 0) is 4.79 Å². The number of fused-ring (bicyclic) bond motifs is 1. The van der Waals surface area contributed by atoms with Crippen molar-refractivity contribution in [1.29, 1.82) is 0 Å². The van der Waals surface area contributed by atoms with Crippen molar-refractivity contribution < 1.29 is 9.90 Å². The van der Waals surface area contributed by atoms with Crippen molar-refractivity contribution >= 4 is 17.5 Å². The zero-order valence-corrected chi connectivity index (χ0v) is 9.49. The summed E-state index contributed by atoms with van der Waals surface area (Å²) in [6.07, 6.45) is 1.21. The quantitative estimate of drug-likeness (QED) is 0.691. The molecular weight excluding hydrogens is 216 g/mol. The highest BCUT2D eigenvalue weighted by Gasteiger charge is 2.35. The fourth-order valence-electron chi connectivity index (χ4n) is 2.44. The Kier molecular flexibility index (Phi) is 3.49. The summed E-state index contributed by atoms with van der Waals surface area (Å²) in [5.41, 5.74) is 0. The summed E-state index contributed by atoms with van der Waals surface area (Å²) in [6.45, 7) is 3.18. The number of alkyl halides is 1. The summed E-state index contributed by atoms with van der Waals surface area (Å²) in [6, 6.07) is 0.369. The minimum Gasteiger partial charge on any atom is -0.391 e. The van der Waals surface area contributed by atoms with Crippen LogP contribution < -0.4 is 0 Å². The van der Waals surface area contributed by atoms with Crippen LogP contribution in [0.25, 0.3) is 0 Å². The molecule has 0 aliphatic carbocycles. The lowest BCUT2D eigenvalue weighted by atomic mass is 10.1. The van der Waals surface area contributed by atoms with E-state index < -0.39 is 6.10 Å². The lowest BCUT2D eigenvalue weighted by Gasteiger charge is -2.38. The standard InChI is InChI=1S/C10H17ClN2O2/c11-5-9(14)7-12-3-4-13-8(6-12)1-2-10(13)15/h8-9,14H,1-7H2. The second-order valence-corrected chi connectivity index (χ2v) is 4.66. The van der Waals surface area contributed by atoms with Gasteiger partial charge in [-0.15, -0.1) is 11.6 Å². The van der Waals surface area contributed by atoms with Gasteiger partial charge in [0.15, 0.2) is 0 Å². The average Bonchev–Trinajstić information content (AvgIpc) is 2.60. The van der Waals surface area contributed by atoms with Crippen LogP contribution in [-0.4, -0.2) is 65.0 Å². The number of nitrogens with zero attached hydrogens (tertiary/aromatic N) is 2. The number of hydrogen-bond acceptors (Lipinski definition) is 3. The van der Waals surface area contributed by atoms with Gasteiger partial charge in [-0.25, -0.2) is 0 Å². The van der Waals surface area contributed by atoms with Crippen molar-refractivity contribution in [3.8, 4) is 0 Å². The van der Waals surface area contributed by atoms with E-state index in [1.807, 2.05) is 4.90 Å². The number of carbonyl (C=O) groups is 1. The molecule has 0 spiro atoms. The number of aliphatic hydroxyl groups is 1. The van der Waals surface area contributed by atoms with E-state index in [4.69, 9.17) is 11.6 Å². The molecule has 0 aromatic carbocycles. The van der Waals surface area contributed by atoms with Crippen molar-refractivity contribution in [3.05, 3.63) is 0 Å². The van der Waals surface area contributed by atoms with E-state index in [2.05, 4.69) is 4.90 Å². The van der Waals surface area contributed by atoms with E-state index >= 15 is 0 Å². The molecule has 2 fully saturated rings. The Labute approximate surface area is 94.8 Å². The average molecular weight is 233 g/mol. The number of hydrogen-bond donors (Lipinski definition) is 1. The van der Waals surface area contributed by atoms with E-state index in [0.717, 1.165) is 26.1 Å². The maximum absolute atomic E-state index is 11.4. The number of halogens is 1. The van der Waals surface area contributed by atoms with Gasteiger partial charge in [0.1, 0.15) is 0 Å². The third kappa shape index (κ3) is 2.44. The van der Waals surface area contributed by atoms with Gasteiger partial charge in [0.05, 0.1) is 6.10 Å². The lowest BCUT2D eigenvalue weighted by Crippen LogP contribution is -2.53. The summed E-state index contributed by atoms with van der Waals surface area (Å²) in [5.74, 6) is 0.571. The molecule has 2 atom stereocenters. The first-order valence-corrected chi connectivity index (χ1v) is 6.00. The Hall–Kier alpha value is -0.320. The van der Waals surface area contributed by atoms with Crippen molar-refractivity contribution in [3.63, 3.8) is 0 Å². The predicted molar refractivity (Wildman–Crippen MR) is 57.9 cm³/mol. The molecule has 0 aromatic rings. The molecule has 2 heterocycles. The summed E-state index contributed by atoms with van der Waals surface area (Å²) >= 11 is 5.56. The van der Waals surface area contributed by atoms with E-state index in [-0.39, 0.29) is 11.8 Å². The van der Waals surface area contributed by atoms with Gasteiger partial charge >= 0.3 is 0 Å². The number of rotatable bonds is 3. The van der Waals surface area contributed by atoms with Crippen molar-refractivity contribution in [1.82, 2.24) is 9.80 Å². The van der Waals surface area contributed by atoms with Crippen LogP contribution >= 0.6 is 11.6 Å². The zero-order valence-electron chi connectivity index (χ0n) is 8.73. The monoisotopic (exact) mass is 232 g/mol. The number of aliphatic hydroxyl groups excluding tert-OH is 1. The molecule has 86 valence electrons. The summed E-state index contributed by atoms with van der Waals surface area (Å²) in [4.78, 5) is 15.6. The Morgan fingerprint density at radius 2 is 2.33 bits per heavy atom. The molecule has 0 radical (unpaired) electrons. The third-order valence-corrected chi connectivity index (χ3v) is 3.58. The molecule has 1 N–H and O–H groups in total.